The van der Waals surface area contributed by atoms with Gasteiger partial charge in [-0.3, -0.25) is 14.8 Å². The summed E-state index contributed by atoms with van der Waals surface area (Å²) in [5, 5.41) is 10.3. The molecule has 3 rings (SSSR count). The van der Waals surface area contributed by atoms with Crippen molar-refractivity contribution in [2.45, 2.75) is 13.5 Å². The molecule has 2 aromatic heterocycles. The van der Waals surface area contributed by atoms with Crippen molar-refractivity contribution in [3.63, 3.8) is 0 Å². The number of carbonyl (C=O) groups excluding carboxylic acids is 1. The number of nitrogens with zero attached hydrogens (tertiary/aromatic N) is 5. The monoisotopic (exact) mass is 276 g/mol. The van der Waals surface area contributed by atoms with Crippen LogP contribution in [0.5, 0.6) is 0 Å². The van der Waals surface area contributed by atoms with Gasteiger partial charge in [-0.15, -0.1) is 0 Å². The topological polar surface area (TPSA) is 91.2 Å². The maximum Gasteiger partial charge on any atom is 0.257 e. The van der Waals surface area contributed by atoms with Crippen LogP contribution < -0.4 is 0 Å². The second-order valence-corrected chi connectivity index (χ2v) is 4.78. The van der Waals surface area contributed by atoms with Crippen molar-refractivity contribution in [2.75, 3.05) is 26.2 Å². The van der Waals surface area contributed by atoms with Gasteiger partial charge in [0, 0.05) is 39.3 Å². The summed E-state index contributed by atoms with van der Waals surface area (Å²) in [6, 6.07) is 0. The molecule has 106 valence electrons. The van der Waals surface area contributed by atoms with Crippen molar-refractivity contribution in [3.8, 4) is 0 Å². The average molecular weight is 276 g/mol. The third-order valence-electron chi connectivity index (χ3n) is 3.34. The zero-order chi connectivity index (χ0) is 13.9. The van der Waals surface area contributed by atoms with Gasteiger partial charge < -0.3 is 9.42 Å². The number of H-pyrrole nitrogens is 1. The minimum atomic E-state index is 0.0220. The van der Waals surface area contributed by atoms with Crippen molar-refractivity contribution in [1.82, 2.24) is 30.1 Å². The Morgan fingerprint density at radius 3 is 2.80 bits per heavy atom. The van der Waals surface area contributed by atoms with E-state index in [0.717, 1.165) is 13.1 Å². The predicted octanol–water partition coefficient (Wildman–Crippen LogP) is 0.0591. The highest BCUT2D eigenvalue weighted by molar-refractivity contribution is 5.93. The molecule has 0 aromatic carbocycles. The van der Waals surface area contributed by atoms with Gasteiger partial charge in [0.2, 0.25) is 5.89 Å². The van der Waals surface area contributed by atoms with Crippen LogP contribution in [0.3, 0.4) is 0 Å². The maximum absolute atomic E-state index is 12.1. The molecule has 0 spiro atoms. The molecule has 0 radical (unpaired) electrons. The lowest BCUT2D eigenvalue weighted by Gasteiger charge is -2.33. The number of hydrogen-bond donors (Lipinski definition) is 1. The van der Waals surface area contributed by atoms with Crippen LogP contribution in [0.15, 0.2) is 16.9 Å². The molecule has 3 heterocycles. The molecule has 0 aliphatic carbocycles. The highest BCUT2D eigenvalue weighted by atomic mass is 16.5. The third-order valence-corrected chi connectivity index (χ3v) is 3.34. The molecule has 1 aliphatic rings. The van der Waals surface area contributed by atoms with Crippen LogP contribution in [0.25, 0.3) is 0 Å². The molecule has 20 heavy (non-hydrogen) atoms. The SMILES string of the molecule is Cc1nc(CN2CCN(C(=O)c3cn[nH]c3)CC2)no1. The van der Waals surface area contributed by atoms with Crippen molar-refractivity contribution in [3.05, 3.63) is 29.7 Å². The molecule has 2 aromatic rings. The first-order chi connectivity index (χ1) is 9.72. The molecule has 1 saturated heterocycles. The zero-order valence-corrected chi connectivity index (χ0v) is 11.2. The molecular formula is C12H16N6O2. The molecule has 1 fully saturated rings. The van der Waals surface area contributed by atoms with Crippen LogP contribution in [0.1, 0.15) is 22.1 Å². The predicted molar refractivity (Wildman–Crippen MR) is 68.8 cm³/mol. The smallest absolute Gasteiger partial charge is 0.257 e. The summed E-state index contributed by atoms with van der Waals surface area (Å²) in [6.07, 6.45) is 3.17. The second-order valence-electron chi connectivity index (χ2n) is 4.78. The summed E-state index contributed by atoms with van der Waals surface area (Å²) < 4.78 is 4.95. The summed E-state index contributed by atoms with van der Waals surface area (Å²) >= 11 is 0. The summed E-state index contributed by atoms with van der Waals surface area (Å²) in [5.41, 5.74) is 0.604. The first-order valence-electron chi connectivity index (χ1n) is 6.52. The van der Waals surface area contributed by atoms with Gasteiger partial charge in [0.05, 0.1) is 18.3 Å². The Kier molecular flexibility index (Phi) is 3.46. The lowest BCUT2D eigenvalue weighted by atomic mass is 10.2. The fourth-order valence-electron chi connectivity index (χ4n) is 2.27. The van der Waals surface area contributed by atoms with Crippen LogP contribution in [-0.4, -0.2) is 62.2 Å². The summed E-state index contributed by atoms with van der Waals surface area (Å²) in [6.45, 7) is 5.43. The number of piperazine rings is 1. The number of carbonyl (C=O) groups is 1. The minimum absolute atomic E-state index is 0.0220. The third kappa shape index (κ3) is 2.69. The summed E-state index contributed by atoms with van der Waals surface area (Å²) in [4.78, 5) is 20.4. The summed E-state index contributed by atoms with van der Waals surface area (Å²) in [7, 11) is 0. The van der Waals surface area contributed by atoms with Crippen molar-refractivity contribution >= 4 is 5.91 Å². The molecule has 1 amide bonds. The zero-order valence-electron chi connectivity index (χ0n) is 11.2. The Morgan fingerprint density at radius 1 is 1.40 bits per heavy atom. The molecule has 8 nitrogen and oxygen atoms in total. The second kappa shape index (κ2) is 5.41. The van der Waals surface area contributed by atoms with Crippen LogP contribution in [0.2, 0.25) is 0 Å². The molecule has 1 aliphatic heterocycles. The number of hydrogen-bond acceptors (Lipinski definition) is 6. The van der Waals surface area contributed by atoms with E-state index in [1.807, 2.05) is 4.90 Å². The van der Waals surface area contributed by atoms with E-state index in [-0.39, 0.29) is 5.91 Å². The first kappa shape index (κ1) is 12.8. The number of rotatable bonds is 3. The van der Waals surface area contributed by atoms with Gasteiger partial charge in [0.15, 0.2) is 5.82 Å². The van der Waals surface area contributed by atoms with Gasteiger partial charge in [-0.05, 0) is 0 Å². The van der Waals surface area contributed by atoms with E-state index >= 15 is 0 Å². The van der Waals surface area contributed by atoms with Gasteiger partial charge >= 0.3 is 0 Å². The van der Waals surface area contributed by atoms with Crippen LogP contribution in [0.4, 0.5) is 0 Å². The van der Waals surface area contributed by atoms with E-state index in [9.17, 15) is 4.79 Å². The Hall–Kier alpha value is -2.22. The Labute approximate surface area is 115 Å². The van der Waals surface area contributed by atoms with Crippen molar-refractivity contribution in [2.24, 2.45) is 0 Å². The lowest BCUT2D eigenvalue weighted by molar-refractivity contribution is 0.0624. The fourth-order valence-corrected chi connectivity index (χ4v) is 2.27. The van der Waals surface area contributed by atoms with E-state index in [2.05, 4.69) is 25.2 Å². The lowest BCUT2D eigenvalue weighted by Crippen LogP contribution is -2.48. The molecule has 0 bridgehead atoms. The van der Waals surface area contributed by atoms with Crippen LogP contribution >= 0.6 is 0 Å². The Morgan fingerprint density at radius 2 is 2.20 bits per heavy atom. The van der Waals surface area contributed by atoms with Gasteiger partial charge in [0.25, 0.3) is 5.91 Å². The molecule has 0 atom stereocenters. The highest BCUT2D eigenvalue weighted by Crippen LogP contribution is 2.09. The van der Waals surface area contributed by atoms with Crippen LogP contribution in [0, 0.1) is 6.92 Å². The summed E-state index contributed by atoms with van der Waals surface area (Å²) in [5.74, 6) is 1.29. The van der Waals surface area contributed by atoms with E-state index in [1.54, 1.807) is 19.3 Å². The van der Waals surface area contributed by atoms with Gasteiger partial charge in [-0.25, -0.2) is 0 Å². The number of aryl methyl sites for hydroxylation is 1. The normalized spacial score (nSPS) is 16.6. The largest absolute Gasteiger partial charge is 0.340 e. The number of amides is 1. The average Bonchev–Trinajstić information content (AvgIpc) is 3.11. The molecule has 1 N–H and O–H groups in total. The van der Waals surface area contributed by atoms with E-state index in [0.29, 0.717) is 36.9 Å². The van der Waals surface area contributed by atoms with E-state index in [1.165, 1.54) is 0 Å². The van der Waals surface area contributed by atoms with E-state index < -0.39 is 0 Å². The molecular weight excluding hydrogens is 260 g/mol. The molecule has 0 saturated carbocycles. The van der Waals surface area contributed by atoms with Gasteiger partial charge in [-0.2, -0.15) is 10.1 Å². The standard InChI is InChI=1S/C12H16N6O2/c1-9-15-11(16-20-9)8-17-2-4-18(5-3-17)12(19)10-6-13-14-7-10/h6-7H,2-5,8H2,1H3,(H,13,14). The number of nitrogens with one attached hydrogen (secondary N) is 1. The Balaban J connectivity index is 1.53. The molecule has 8 heteroatoms. The Bertz CT molecular complexity index is 571. The maximum atomic E-state index is 12.1. The van der Waals surface area contributed by atoms with E-state index in [4.69, 9.17) is 4.52 Å². The minimum Gasteiger partial charge on any atom is -0.340 e. The highest BCUT2D eigenvalue weighted by Gasteiger charge is 2.23. The van der Waals surface area contributed by atoms with Gasteiger partial charge in [-0.1, -0.05) is 5.16 Å². The first-order valence-corrected chi connectivity index (χ1v) is 6.52. The number of aromatic amines is 1. The van der Waals surface area contributed by atoms with Crippen LogP contribution in [-0.2, 0) is 6.54 Å². The fraction of sp³-hybridized carbons (Fsp3) is 0.500. The quantitative estimate of drug-likeness (QED) is 0.852. The van der Waals surface area contributed by atoms with Crippen molar-refractivity contribution in [1.29, 1.82) is 0 Å². The van der Waals surface area contributed by atoms with Crippen molar-refractivity contribution < 1.29 is 9.32 Å². The molecule has 0 unspecified atom stereocenters. The number of aromatic nitrogens is 4. The van der Waals surface area contributed by atoms with Gasteiger partial charge in [0.1, 0.15) is 0 Å².